The van der Waals surface area contributed by atoms with Crippen LogP contribution in [0.2, 0.25) is 0 Å². The number of nitrogens with zero attached hydrogens (tertiary/aromatic N) is 3. The molecule has 154 valence electrons. The van der Waals surface area contributed by atoms with Crippen LogP contribution in [-0.2, 0) is 0 Å². The van der Waals surface area contributed by atoms with Gasteiger partial charge in [0, 0.05) is 62.6 Å². The minimum absolute atomic E-state index is 0. The lowest BCUT2D eigenvalue weighted by Crippen LogP contribution is -2.46. The van der Waals surface area contributed by atoms with Crippen molar-refractivity contribution in [2.45, 2.75) is 0 Å². The highest BCUT2D eigenvalue weighted by atomic mass is 35.5. The van der Waals surface area contributed by atoms with Gasteiger partial charge in [-0.1, -0.05) is 18.2 Å². The molecule has 1 aliphatic heterocycles. The monoisotopic (exact) mass is 433 g/mol. The molecule has 0 atom stereocenters. The van der Waals surface area contributed by atoms with Crippen LogP contribution in [0.3, 0.4) is 0 Å². The van der Waals surface area contributed by atoms with Gasteiger partial charge in [0.15, 0.2) is 0 Å². The van der Waals surface area contributed by atoms with Crippen LogP contribution in [0.1, 0.15) is 10.4 Å². The summed E-state index contributed by atoms with van der Waals surface area (Å²) in [6.45, 7) is 5.58. The van der Waals surface area contributed by atoms with Crippen LogP contribution >= 0.6 is 24.8 Å². The quantitative estimate of drug-likeness (QED) is 0.647. The lowest BCUT2D eigenvalue weighted by Gasteiger charge is -2.27. The van der Waals surface area contributed by atoms with Gasteiger partial charge in [0.25, 0.3) is 5.91 Å². The summed E-state index contributed by atoms with van der Waals surface area (Å²) in [4.78, 5) is 24.1. The van der Waals surface area contributed by atoms with Crippen LogP contribution in [0, 0.1) is 0 Å². The standard InChI is InChI=1S/C21H23N5O.2ClH/c27-21(24-10-13-26-11-8-22-9-12-26)18-14-20(16-4-3-7-23-15-16)25-19-6-2-1-5-17(18)19;;/h1-7,14-15,22H,8-13H2,(H,24,27);2*1H. The van der Waals surface area contributed by atoms with Gasteiger partial charge in [-0.15, -0.1) is 24.8 Å². The van der Waals surface area contributed by atoms with E-state index < -0.39 is 0 Å². The summed E-state index contributed by atoms with van der Waals surface area (Å²) in [5, 5.41) is 7.28. The molecule has 29 heavy (non-hydrogen) atoms. The Kier molecular flexibility index (Phi) is 8.79. The Morgan fingerprint density at radius 1 is 1.10 bits per heavy atom. The van der Waals surface area contributed by atoms with Crippen molar-refractivity contribution in [1.82, 2.24) is 25.5 Å². The SMILES string of the molecule is Cl.Cl.O=C(NCCN1CCNCC1)c1cc(-c2cccnc2)nc2ccccc12. The van der Waals surface area contributed by atoms with Gasteiger partial charge in [-0.05, 0) is 24.3 Å². The first-order valence-electron chi connectivity index (χ1n) is 9.33. The number of hydrogen-bond donors (Lipinski definition) is 2. The summed E-state index contributed by atoms with van der Waals surface area (Å²) in [5.41, 5.74) is 3.12. The second-order valence-corrected chi connectivity index (χ2v) is 6.66. The van der Waals surface area contributed by atoms with Crippen LogP contribution < -0.4 is 10.6 Å². The maximum atomic E-state index is 12.9. The van der Waals surface area contributed by atoms with Crippen LogP contribution in [0.25, 0.3) is 22.2 Å². The molecule has 1 aromatic carbocycles. The third-order valence-corrected chi connectivity index (χ3v) is 4.84. The largest absolute Gasteiger partial charge is 0.351 e. The van der Waals surface area contributed by atoms with E-state index in [0.29, 0.717) is 12.1 Å². The summed E-state index contributed by atoms with van der Waals surface area (Å²) in [7, 11) is 0. The average molecular weight is 434 g/mol. The maximum absolute atomic E-state index is 12.9. The number of carbonyl (C=O) groups excluding carboxylic acids is 1. The summed E-state index contributed by atoms with van der Waals surface area (Å²) in [6.07, 6.45) is 3.50. The molecule has 1 amide bonds. The van der Waals surface area contributed by atoms with Crippen molar-refractivity contribution in [3.8, 4) is 11.3 Å². The second kappa shape index (κ2) is 11.1. The predicted octanol–water partition coefficient (Wildman–Crippen LogP) is 2.78. The highest BCUT2D eigenvalue weighted by molar-refractivity contribution is 6.07. The summed E-state index contributed by atoms with van der Waals surface area (Å²) < 4.78 is 0. The predicted molar refractivity (Wildman–Crippen MR) is 121 cm³/mol. The van der Waals surface area contributed by atoms with Gasteiger partial charge in [-0.3, -0.25) is 14.7 Å². The molecule has 2 aromatic heterocycles. The van der Waals surface area contributed by atoms with Crippen molar-refractivity contribution in [3.63, 3.8) is 0 Å². The number of para-hydroxylation sites is 1. The topological polar surface area (TPSA) is 70.2 Å². The highest BCUT2D eigenvalue weighted by Gasteiger charge is 2.15. The van der Waals surface area contributed by atoms with Gasteiger partial charge in [-0.2, -0.15) is 0 Å². The molecule has 4 rings (SSSR count). The van der Waals surface area contributed by atoms with Gasteiger partial charge < -0.3 is 10.6 Å². The Labute approximate surface area is 182 Å². The van der Waals surface area contributed by atoms with Crippen molar-refractivity contribution >= 4 is 41.6 Å². The fraction of sp³-hybridized carbons (Fsp3) is 0.286. The van der Waals surface area contributed by atoms with E-state index in [9.17, 15) is 4.79 Å². The first-order chi connectivity index (χ1) is 13.3. The number of fused-ring (bicyclic) bond motifs is 1. The van der Waals surface area contributed by atoms with E-state index in [1.807, 2.05) is 42.5 Å². The summed E-state index contributed by atoms with van der Waals surface area (Å²) in [5.74, 6) is -0.0612. The smallest absolute Gasteiger partial charge is 0.252 e. The van der Waals surface area contributed by atoms with E-state index in [4.69, 9.17) is 4.98 Å². The molecule has 0 aliphatic carbocycles. The number of rotatable bonds is 5. The zero-order valence-corrected chi connectivity index (χ0v) is 17.6. The molecule has 0 spiro atoms. The van der Waals surface area contributed by atoms with Gasteiger partial charge in [0.1, 0.15) is 0 Å². The zero-order valence-electron chi connectivity index (χ0n) is 16.0. The van der Waals surface area contributed by atoms with Gasteiger partial charge in [-0.25, -0.2) is 4.98 Å². The first kappa shape index (κ1) is 23.0. The van der Waals surface area contributed by atoms with Gasteiger partial charge in [0.2, 0.25) is 0 Å². The molecule has 2 N–H and O–H groups in total. The summed E-state index contributed by atoms with van der Waals surface area (Å²) >= 11 is 0. The van der Waals surface area contributed by atoms with Crippen LogP contribution in [-0.4, -0.2) is 60.0 Å². The molecular formula is C21H25Cl2N5O. The van der Waals surface area contributed by atoms with Gasteiger partial charge >= 0.3 is 0 Å². The van der Waals surface area contributed by atoms with Crippen LogP contribution in [0.15, 0.2) is 54.9 Å². The fourth-order valence-electron chi connectivity index (χ4n) is 3.38. The lowest BCUT2D eigenvalue weighted by atomic mass is 10.0. The molecule has 6 nitrogen and oxygen atoms in total. The Morgan fingerprint density at radius 3 is 2.66 bits per heavy atom. The van der Waals surface area contributed by atoms with Crippen molar-refractivity contribution in [1.29, 1.82) is 0 Å². The number of pyridine rings is 2. The molecule has 0 radical (unpaired) electrons. The molecular weight excluding hydrogens is 409 g/mol. The molecule has 0 saturated carbocycles. The van der Waals surface area contributed by atoms with Crippen LogP contribution in [0.4, 0.5) is 0 Å². The minimum atomic E-state index is -0.0612. The Morgan fingerprint density at radius 2 is 1.90 bits per heavy atom. The number of amides is 1. The maximum Gasteiger partial charge on any atom is 0.252 e. The third kappa shape index (κ3) is 5.64. The minimum Gasteiger partial charge on any atom is -0.351 e. The Bertz CT molecular complexity index is 933. The van der Waals surface area contributed by atoms with Crippen molar-refractivity contribution in [2.24, 2.45) is 0 Å². The van der Waals surface area contributed by atoms with E-state index >= 15 is 0 Å². The van der Waals surface area contributed by atoms with E-state index in [1.165, 1.54) is 0 Å². The number of piperazine rings is 1. The number of aromatic nitrogens is 2. The summed E-state index contributed by atoms with van der Waals surface area (Å²) in [6, 6.07) is 13.4. The van der Waals surface area contributed by atoms with E-state index in [-0.39, 0.29) is 30.7 Å². The van der Waals surface area contributed by atoms with Gasteiger partial charge in [0.05, 0.1) is 16.8 Å². The number of nitrogens with one attached hydrogen (secondary N) is 2. The molecule has 0 unspecified atom stereocenters. The molecule has 1 saturated heterocycles. The normalized spacial score (nSPS) is 13.9. The molecule has 1 aliphatic rings. The Hall–Kier alpha value is -2.25. The lowest BCUT2D eigenvalue weighted by molar-refractivity contribution is 0.0949. The van der Waals surface area contributed by atoms with Crippen molar-refractivity contribution < 1.29 is 4.79 Å². The third-order valence-electron chi connectivity index (χ3n) is 4.84. The number of hydrogen-bond acceptors (Lipinski definition) is 5. The molecule has 1 fully saturated rings. The van der Waals surface area contributed by atoms with E-state index in [0.717, 1.165) is 54.9 Å². The highest BCUT2D eigenvalue weighted by Crippen LogP contribution is 2.24. The molecule has 0 bridgehead atoms. The number of halogens is 2. The van der Waals surface area contributed by atoms with E-state index in [1.54, 1.807) is 12.4 Å². The number of carbonyl (C=O) groups is 1. The molecule has 3 aromatic rings. The van der Waals surface area contributed by atoms with Crippen molar-refractivity contribution in [3.05, 3.63) is 60.4 Å². The van der Waals surface area contributed by atoms with E-state index in [2.05, 4.69) is 20.5 Å². The average Bonchev–Trinajstić information content (AvgIpc) is 2.74. The van der Waals surface area contributed by atoms with Crippen LogP contribution in [0.5, 0.6) is 0 Å². The number of benzene rings is 1. The second-order valence-electron chi connectivity index (χ2n) is 6.66. The van der Waals surface area contributed by atoms with Crippen molar-refractivity contribution in [2.75, 3.05) is 39.3 Å². The fourth-order valence-corrected chi connectivity index (χ4v) is 3.38. The zero-order chi connectivity index (χ0) is 18.5. The Balaban J connectivity index is 0.00000150. The molecule has 8 heteroatoms. The first-order valence-corrected chi connectivity index (χ1v) is 9.33. The molecule has 3 heterocycles.